The highest BCUT2D eigenvalue weighted by atomic mass is 16.6. The molecule has 2 aromatic carbocycles. The van der Waals surface area contributed by atoms with Crippen LogP contribution in [0.4, 0.5) is 0 Å². The Hall–Kier alpha value is -2.92. The van der Waals surface area contributed by atoms with Crippen molar-refractivity contribution in [1.82, 2.24) is 4.90 Å². The van der Waals surface area contributed by atoms with E-state index in [1.807, 2.05) is 42.5 Å². The van der Waals surface area contributed by atoms with Crippen LogP contribution in [-0.4, -0.2) is 37.4 Å². The first-order valence-corrected chi connectivity index (χ1v) is 9.81. The van der Waals surface area contributed by atoms with Gasteiger partial charge in [0.1, 0.15) is 18.0 Å². The zero-order chi connectivity index (χ0) is 19.2. The van der Waals surface area contributed by atoms with Gasteiger partial charge in [-0.1, -0.05) is 41.9 Å². The van der Waals surface area contributed by atoms with E-state index in [2.05, 4.69) is 10.1 Å². The fraction of sp³-hybridized carbons (Fsp3) is 0.304. The van der Waals surface area contributed by atoms with E-state index in [-0.39, 0.29) is 5.43 Å². The van der Waals surface area contributed by atoms with E-state index in [0.717, 1.165) is 30.8 Å². The van der Waals surface area contributed by atoms with Crippen LogP contribution in [0.2, 0.25) is 0 Å². The van der Waals surface area contributed by atoms with Crippen molar-refractivity contribution in [3.05, 3.63) is 70.4 Å². The highest BCUT2D eigenvalue weighted by Gasteiger charge is 2.09. The summed E-state index contributed by atoms with van der Waals surface area (Å²) in [5.41, 5.74) is 2.27. The van der Waals surface area contributed by atoms with Crippen LogP contribution in [0.1, 0.15) is 24.8 Å². The minimum absolute atomic E-state index is 0.0445. The molecule has 0 amide bonds. The molecule has 1 aliphatic rings. The lowest BCUT2D eigenvalue weighted by atomic mass is 10.1. The van der Waals surface area contributed by atoms with Crippen molar-refractivity contribution in [3.8, 4) is 11.3 Å². The second kappa shape index (κ2) is 8.85. The summed E-state index contributed by atoms with van der Waals surface area (Å²) in [7, 11) is 0. The Bertz CT molecular complexity index is 1020. The number of para-hydroxylation sites is 1. The quantitative estimate of drug-likeness (QED) is 0.366. The summed E-state index contributed by atoms with van der Waals surface area (Å²) < 4.78 is 5.91. The maximum atomic E-state index is 12.3. The average Bonchev–Trinajstić information content (AvgIpc) is 2.74. The molecule has 28 heavy (non-hydrogen) atoms. The summed E-state index contributed by atoms with van der Waals surface area (Å²) in [6, 6.07) is 16.5. The molecule has 0 atom stereocenters. The largest absolute Gasteiger partial charge is 0.456 e. The highest BCUT2D eigenvalue weighted by Crippen LogP contribution is 2.22. The van der Waals surface area contributed by atoms with Crippen LogP contribution in [0.15, 0.2) is 69.0 Å². The van der Waals surface area contributed by atoms with E-state index < -0.39 is 0 Å². The minimum Gasteiger partial charge on any atom is -0.456 e. The Morgan fingerprint density at radius 2 is 1.89 bits per heavy atom. The molecular weight excluding hydrogens is 352 g/mol. The van der Waals surface area contributed by atoms with Gasteiger partial charge in [0.25, 0.3) is 0 Å². The van der Waals surface area contributed by atoms with Gasteiger partial charge in [-0.25, -0.2) is 0 Å². The maximum absolute atomic E-state index is 12.3. The normalized spacial score (nSPS) is 15.3. The molecule has 4 rings (SSSR count). The molecular formula is C23H24N2O3. The van der Waals surface area contributed by atoms with Gasteiger partial charge in [-0.3, -0.25) is 9.69 Å². The molecule has 0 aliphatic carbocycles. The highest BCUT2D eigenvalue weighted by molar-refractivity contribution is 5.83. The standard InChI is InChI=1S/C23H24N2O3/c26-21-16-23(28-22-10-3-2-9-20(21)22)19-8-6-7-18(15-19)17-24-27-14-13-25-11-4-1-5-12-25/h2-3,6-10,15-17H,1,4-5,11-14H2/b24-17-. The zero-order valence-electron chi connectivity index (χ0n) is 15.8. The molecule has 1 aliphatic heterocycles. The monoisotopic (exact) mass is 376 g/mol. The van der Waals surface area contributed by atoms with Crippen molar-refractivity contribution < 1.29 is 9.25 Å². The van der Waals surface area contributed by atoms with Gasteiger partial charge < -0.3 is 9.25 Å². The summed E-state index contributed by atoms with van der Waals surface area (Å²) in [5, 5.41) is 4.67. The first kappa shape index (κ1) is 18.4. The molecule has 2 heterocycles. The number of likely N-dealkylation sites (tertiary alicyclic amines) is 1. The third kappa shape index (κ3) is 4.49. The van der Waals surface area contributed by atoms with Gasteiger partial charge >= 0.3 is 0 Å². The molecule has 1 aromatic heterocycles. The molecule has 144 valence electrons. The zero-order valence-corrected chi connectivity index (χ0v) is 15.8. The van der Waals surface area contributed by atoms with Crippen molar-refractivity contribution in [3.63, 3.8) is 0 Å². The van der Waals surface area contributed by atoms with E-state index in [4.69, 9.17) is 9.25 Å². The number of benzene rings is 2. The van der Waals surface area contributed by atoms with Crippen LogP contribution < -0.4 is 5.43 Å². The predicted molar refractivity (Wildman–Crippen MR) is 112 cm³/mol. The van der Waals surface area contributed by atoms with Crippen LogP contribution in [0.3, 0.4) is 0 Å². The van der Waals surface area contributed by atoms with E-state index in [1.165, 1.54) is 25.3 Å². The predicted octanol–water partition coefficient (Wildman–Crippen LogP) is 4.30. The topological polar surface area (TPSA) is 55.0 Å². The number of nitrogens with zero attached hydrogens (tertiary/aromatic N) is 2. The number of piperidine rings is 1. The smallest absolute Gasteiger partial charge is 0.193 e. The van der Waals surface area contributed by atoms with Crippen molar-refractivity contribution in [2.75, 3.05) is 26.2 Å². The summed E-state index contributed by atoms with van der Waals surface area (Å²) in [5.74, 6) is 0.546. The molecule has 0 bridgehead atoms. The molecule has 0 unspecified atom stereocenters. The molecule has 1 saturated heterocycles. The molecule has 5 nitrogen and oxygen atoms in total. The summed E-state index contributed by atoms with van der Waals surface area (Å²) >= 11 is 0. The van der Waals surface area contributed by atoms with Gasteiger partial charge in [-0.2, -0.15) is 0 Å². The summed E-state index contributed by atoms with van der Waals surface area (Å²) in [4.78, 5) is 20.2. The van der Waals surface area contributed by atoms with Crippen molar-refractivity contribution in [1.29, 1.82) is 0 Å². The Morgan fingerprint density at radius 1 is 1.04 bits per heavy atom. The van der Waals surface area contributed by atoms with Gasteiger partial charge in [-0.15, -0.1) is 0 Å². The van der Waals surface area contributed by atoms with Crippen LogP contribution in [0, 0.1) is 0 Å². The van der Waals surface area contributed by atoms with Crippen molar-refractivity contribution >= 4 is 17.2 Å². The third-order valence-electron chi connectivity index (χ3n) is 5.03. The van der Waals surface area contributed by atoms with Gasteiger partial charge in [0.2, 0.25) is 0 Å². The first-order valence-electron chi connectivity index (χ1n) is 9.81. The van der Waals surface area contributed by atoms with Crippen LogP contribution in [0.25, 0.3) is 22.3 Å². The summed E-state index contributed by atoms with van der Waals surface area (Å²) in [6.07, 6.45) is 5.59. The number of rotatable bonds is 6. The Labute approximate surface area is 164 Å². The minimum atomic E-state index is -0.0445. The van der Waals surface area contributed by atoms with E-state index in [0.29, 0.717) is 23.3 Å². The molecule has 1 fully saturated rings. The number of hydrogen-bond donors (Lipinski definition) is 0. The lowest BCUT2D eigenvalue weighted by Gasteiger charge is -2.25. The number of oxime groups is 1. The molecule has 0 radical (unpaired) electrons. The number of hydrogen-bond acceptors (Lipinski definition) is 5. The van der Waals surface area contributed by atoms with Crippen LogP contribution in [0.5, 0.6) is 0 Å². The molecule has 0 spiro atoms. The number of fused-ring (bicyclic) bond motifs is 1. The lowest BCUT2D eigenvalue weighted by Crippen LogP contribution is -2.32. The fourth-order valence-electron chi connectivity index (χ4n) is 3.52. The molecule has 5 heteroatoms. The van der Waals surface area contributed by atoms with Gasteiger partial charge in [-0.05, 0) is 49.7 Å². The molecule has 0 saturated carbocycles. The molecule has 0 N–H and O–H groups in total. The van der Waals surface area contributed by atoms with Gasteiger partial charge in [0.15, 0.2) is 5.43 Å². The average molecular weight is 376 g/mol. The van der Waals surface area contributed by atoms with Crippen LogP contribution in [-0.2, 0) is 4.84 Å². The van der Waals surface area contributed by atoms with Gasteiger partial charge in [0.05, 0.1) is 11.6 Å². The first-order chi connectivity index (χ1) is 13.8. The Kier molecular flexibility index (Phi) is 5.83. The second-order valence-corrected chi connectivity index (χ2v) is 7.07. The van der Waals surface area contributed by atoms with E-state index in [9.17, 15) is 4.79 Å². The SMILES string of the molecule is O=c1cc(-c2cccc(/C=N\OCCN3CCCCC3)c2)oc2ccccc12. The second-order valence-electron chi connectivity index (χ2n) is 7.07. The van der Waals surface area contributed by atoms with Gasteiger partial charge in [0, 0.05) is 18.2 Å². The van der Waals surface area contributed by atoms with Crippen LogP contribution >= 0.6 is 0 Å². The fourth-order valence-corrected chi connectivity index (χ4v) is 3.52. The van der Waals surface area contributed by atoms with E-state index >= 15 is 0 Å². The Morgan fingerprint density at radius 3 is 2.79 bits per heavy atom. The maximum Gasteiger partial charge on any atom is 0.193 e. The van der Waals surface area contributed by atoms with E-state index in [1.54, 1.807) is 12.3 Å². The van der Waals surface area contributed by atoms with Crippen molar-refractivity contribution in [2.45, 2.75) is 19.3 Å². The van der Waals surface area contributed by atoms with Crippen molar-refractivity contribution in [2.24, 2.45) is 5.16 Å². The third-order valence-corrected chi connectivity index (χ3v) is 5.03. The Balaban J connectivity index is 1.42. The molecule has 3 aromatic rings. The summed E-state index contributed by atoms with van der Waals surface area (Å²) in [6.45, 7) is 3.83. The lowest BCUT2D eigenvalue weighted by molar-refractivity contribution is 0.103.